The summed E-state index contributed by atoms with van der Waals surface area (Å²) in [4.78, 5) is 27.0. The fourth-order valence-electron chi connectivity index (χ4n) is 2.74. The molecule has 0 bridgehead atoms. The highest BCUT2D eigenvalue weighted by Crippen LogP contribution is 2.39. The predicted molar refractivity (Wildman–Crippen MR) is 101 cm³/mol. The first-order valence-corrected chi connectivity index (χ1v) is 9.69. The molecule has 1 saturated heterocycles. The van der Waals surface area contributed by atoms with Gasteiger partial charge in [-0.25, -0.2) is 0 Å². The number of thioether (sulfide) groups is 1. The second-order valence-corrected chi connectivity index (χ2v) is 6.85. The molecule has 0 radical (unpaired) electrons. The number of nitrogens with one attached hydrogen (secondary N) is 1. The summed E-state index contributed by atoms with van der Waals surface area (Å²) in [7, 11) is 4.51. The number of hydrogen-bond acceptors (Lipinski definition) is 6. The van der Waals surface area contributed by atoms with E-state index in [2.05, 4.69) is 12.2 Å². The smallest absolute Gasteiger partial charge is 0.255 e. The molecule has 1 aliphatic rings. The zero-order chi connectivity index (χ0) is 19.1. The normalized spacial score (nSPS) is 16.3. The molecule has 0 aromatic heterocycles. The zero-order valence-electron chi connectivity index (χ0n) is 15.7. The van der Waals surface area contributed by atoms with Crippen molar-refractivity contribution >= 4 is 23.6 Å². The molecule has 1 aromatic rings. The van der Waals surface area contributed by atoms with E-state index >= 15 is 0 Å². The van der Waals surface area contributed by atoms with Gasteiger partial charge in [0.2, 0.25) is 11.7 Å². The number of methoxy groups -OCH3 is 3. The van der Waals surface area contributed by atoms with Gasteiger partial charge in [0.15, 0.2) is 11.5 Å². The summed E-state index contributed by atoms with van der Waals surface area (Å²) in [5, 5.41) is 2.91. The maximum Gasteiger partial charge on any atom is 0.255 e. The van der Waals surface area contributed by atoms with Crippen LogP contribution in [0.15, 0.2) is 12.1 Å². The zero-order valence-corrected chi connectivity index (χ0v) is 16.5. The molecule has 2 amide bonds. The average molecular weight is 382 g/mol. The first-order chi connectivity index (χ1) is 12.6. The van der Waals surface area contributed by atoms with Crippen LogP contribution in [0, 0.1) is 0 Å². The van der Waals surface area contributed by atoms with Gasteiger partial charge in [-0.05, 0) is 18.6 Å². The van der Waals surface area contributed by atoms with Crippen LogP contribution in [-0.4, -0.2) is 62.3 Å². The minimum Gasteiger partial charge on any atom is -0.493 e. The van der Waals surface area contributed by atoms with Crippen molar-refractivity contribution < 1.29 is 23.8 Å². The lowest BCUT2D eigenvalue weighted by Gasteiger charge is -2.24. The Morgan fingerprint density at radius 2 is 1.85 bits per heavy atom. The van der Waals surface area contributed by atoms with E-state index in [0.717, 1.165) is 12.8 Å². The molecular weight excluding hydrogens is 356 g/mol. The Morgan fingerprint density at radius 3 is 2.38 bits per heavy atom. The Bertz CT molecular complexity index is 627. The summed E-state index contributed by atoms with van der Waals surface area (Å²) in [6, 6.07) is 2.75. The van der Waals surface area contributed by atoms with Gasteiger partial charge in [0, 0.05) is 17.9 Å². The van der Waals surface area contributed by atoms with Crippen LogP contribution in [0.2, 0.25) is 0 Å². The standard InChI is InChI=1S/C18H26N2O5S/c1-5-6-7-19-17(21)13-10-26-11-20(13)18(22)12-8-14(23-2)16(25-4)15(9-12)24-3/h8-9,13H,5-7,10-11H2,1-4H3,(H,19,21). The van der Waals surface area contributed by atoms with Crippen molar-refractivity contribution in [3.05, 3.63) is 17.7 Å². The Kier molecular flexibility index (Phi) is 7.44. The molecule has 1 fully saturated rings. The molecule has 26 heavy (non-hydrogen) atoms. The third-order valence-electron chi connectivity index (χ3n) is 4.19. The lowest BCUT2D eigenvalue weighted by atomic mass is 10.1. The number of benzene rings is 1. The Morgan fingerprint density at radius 1 is 1.19 bits per heavy atom. The van der Waals surface area contributed by atoms with Gasteiger partial charge >= 0.3 is 0 Å². The Balaban J connectivity index is 2.22. The number of carbonyl (C=O) groups excluding carboxylic acids is 2. The molecule has 1 aromatic carbocycles. The quantitative estimate of drug-likeness (QED) is 0.694. The second-order valence-electron chi connectivity index (χ2n) is 5.85. The molecule has 1 atom stereocenters. The maximum absolute atomic E-state index is 13.0. The van der Waals surface area contributed by atoms with Crippen molar-refractivity contribution in [1.82, 2.24) is 10.2 Å². The van der Waals surface area contributed by atoms with Crippen LogP contribution in [0.3, 0.4) is 0 Å². The van der Waals surface area contributed by atoms with Gasteiger partial charge in [0.05, 0.1) is 27.2 Å². The van der Waals surface area contributed by atoms with E-state index < -0.39 is 6.04 Å². The highest BCUT2D eigenvalue weighted by atomic mass is 32.2. The molecule has 0 aliphatic carbocycles. The third kappa shape index (κ3) is 4.35. The molecule has 1 unspecified atom stereocenters. The monoisotopic (exact) mass is 382 g/mol. The van der Waals surface area contributed by atoms with E-state index in [4.69, 9.17) is 14.2 Å². The number of rotatable bonds is 8. The summed E-state index contributed by atoms with van der Waals surface area (Å²) < 4.78 is 15.9. The minimum absolute atomic E-state index is 0.107. The molecule has 1 N–H and O–H groups in total. The van der Waals surface area contributed by atoms with E-state index in [9.17, 15) is 9.59 Å². The van der Waals surface area contributed by atoms with Crippen LogP contribution < -0.4 is 19.5 Å². The summed E-state index contributed by atoms with van der Waals surface area (Å²) in [5.74, 6) is 1.97. The van der Waals surface area contributed by atoms with E-state index in [-0.39, 0.29) is 11.8 Å². The lowest BCUT2D eigenvalue weighted by molar-refractivity contribution is -0.124. The van der Waals surface area contributed by atoms with Crippen molar-refractivity contribution in [2.24, 2.45) is 0 Å². The van der Waals surface area contributed by atoms with Crippen molar-refractivity contribution in [3.63, 3.8) is 0 Å². The summed E-state index contributed by atoms with van der Waals surface area (Å²) in [5.41, 5.74) is 0.397. The van der Waals surface area contributed by atoms with Gasteiger partial charge in [-0.2, -0.15) is 0 Å². The third-order valence-corrected chi connectivity index (χ3v) is 5.20. The Labute approximate surface area is 158 Å². The lowest BCUT2D eigenvalue weighted by Crippen LogP contribution is -2.47. The van der Waals surface area contributed by atoms with Crippen LogP contribution in [0.5, 0.6) is 17.2 Å². The fourth-order valence-corrected chi connectivity index (χ4v) is 3.89. The molecule has 1 aliphatic heterocycles. The minimum atomic E-state index is -0.469. The first-order valence-electron chi connectivity index (χ1n) is 8.53. The van der Waals surface area contributed by atoms with Crippen molar-refractivity contribution in [2.75, 3.05) is 39.5 Å². The number of nitrogens with zero attached hydrogens (tertiary/aromatic N) is 1. The highest BCUT2D eigenvalue weighted by molar-refractivity contribution is 7.99. The van der Waals surface area contributed by atoms with E-state index in [1.807, 2.05) is 0 Å². The molecule has 8 heteroatoms. The number of hydrogen-bond donors (Lipinski definition) is 1. The van der Waals surface area contributed by atoms with Crippen LogP contribution >= 0.6 is 11.8 Å². The van der Waals surface area contributed by atoms with E-state index in [1.54, 1.807) is 28.8 Å². The molecule has 7 nitrogen and oxygen atoms in total. The van der Waals surface area contributed by atoms with Gasteiger partial charge in [-0.1, -0.05) is 13.3 Å². The van der Waals surface area contributed by atoms with Crippen LogP contribution in [0.1, 0.15) is 30.1 Å². The number of ether oxygens (including phenoxy) is 3. The van der Waals surface area contributed by atoms with Gasteiger partial charge in [0.1, 0.15) is 6.04 Å². The molecule has 0 saturated carbocycles. The SMILES string of the molecule is CCCCNC(=O)C1CSCN1C(=O)c1cc(OC)c(OC)c(OC)c1. The van der Waals surface area contributed by atoms with Gasteiger partial charge < -0.3 is 24.4 Å². The van der Waals surface area contributed by atoms with Crippen LogP contribution in [0.4, 0.5) is 0 Å². The number of amides is 2. The molecule has 1 heterocycles. The van der Waals surface area contributed by atoms with E-state index in [1.165, 1.54) is 21.3 Å². The maximum atomic E-state index is 13.0. The van der Waals surface area contributed by atoms with Crippen molar-refractivity contribution in [3.8, 4) is 17.2 Å². The summed E-state index contributed by atoms with van der Waals surface area (Å²) >= 11 is 1.57. The fraction of sp³-hybridized carbons (Fsp3) is 0.556. The second kappa shape index (κ2) is 9.56. The van der Waals surface area contributed by atoms with Gasteiger partial charge in [-0.3, -0.25) is 9.59 Å². The topological polar surface area (TPSA) is 77.1 Å². The average Bonchev–Trinajstić information content (AvgIpc) is 3.16. The van der Waals surface area contributed by atoms with E-state index in [0.29, 0.717) is 41.0 Å². The predicted octanol–water partition coefficient (Wildman–Crippen LogP) is 2.14. The Hall–Kier alpha value is -2.09. The number of unbranched alkanes of at least 4 members (excludes halogenated alkanes) is 1. The molecule has 2 rings (SSSR count). The van der Waals surface area contributed by atoms with Gasteiger partial charge in [-0.15, -0.1) is 11.8 Å². The molecular formula is C18H26N2O5S. The largest absolute Gasteiger partial charge is 0.493 e. The van der Waals surface area contributed by atoms with Crippen LogP contribution in [0.25, 0.3) is 0 Å². The van der Waals surface area contributed by atoms with Crippen molar-refractivity contribution in [1.29, 1.82) is 0 Å². The van der Waals surface area contributed by atoms with Crippen LogP contribution in [-0.2, 0) is 4.79 Å². The summed E-state index contributed by atoms with van der Waals surface area (Å²) in [6.45, 7) is 2.70. The highest BCUT2D eigenvalue weighted by Gasteiger charge is 2.35. The summed E-state index contributed by atoms with van der Waals surface area (Å²) in [6.07, 6.45) is 1.93. The van der Waals surface area contributed by atoms with Crippen molar-refractivity contribution in [2.45, 2.75) is 25.8 Å². The molecule has 144 valence electrons. The molecule has 0 spiro atoms. The number of carbonyl (C=O) groups is 2. The first kappa shape index (κ1) is 20.2. The van der Waals surface area contributed by atoms with Gasteiger partial charge in [0.25, 0.3) is 5.91 Å².